The summed E-state index contributed by atoms with van der Waals surface area (Å²) < 4.78 is 28.5. The summed E-state index contributed by atoms with van der Waals surface area (Å²) >= 11 is 6.09. The SMILES string of the molecule is Cc1c(Cl)cccc1S(=O)(=O)NC(C)(C)C(=O)CC1C2CC3CC(C2)CC1C3. The van der Waals surface area contributed by atoms with Crippen LogP contribution >= 0.6 is 11.6 Å². The molecule has 4 saturated carbocycles. The van der Waals surface area contributed by atoms with E-state index in [0.717, 1.165) is 11.8 Å². The number of Topliss-reactive ketones (excluding diaryl/α,β-unsaturated/α-hetero) is 1. The minimum Gasteiger partial charge on any atom is -0.298 e. The molecule has 0 atom stereocenters. The lowest BCUT2D eigenvalue weighted by Gasteiger charge is -2.54. The molecule has 5 rings (SSSR count). The Balaban J connectivity index is 1.49. The van der Waals surface area contributed by atoms with E-state index >= 15 is 0 Å². The van der Waals surface area contributed by atoms with Crippen molar-refractivity contribution >= 4 is 27.4 Å². The molecular weight excluding hydrogens is 394 g/mol. The molecule has 0 radical (unpaired) electrons. The maximum absolute atomic E-state index is 13.2. The van der Waals surface area contributed by atoms with Gasteiger partial charge in [-0.15, -0.1) is 0 Å². The quantitative estimate of drug-likeness (QED) is 0.718. The second kappa shape index (κ2) is 7.10. The number of hydrogen-bond donors (Lipinski definition) is 1. The van der Waals surface area contributed by atoms with Gasteiger partial charge in [0.25, 0.3) is 0 Å². The highest BCUT2D eigenvalue weighted by Crippen LogP contribution is 2.57. The number of hydrogen-bond acceptors (Lipinski definition) is 3. The molecule has 4 bridgehead atoms. The third kappa shape index (κ3) is 3.66. The van der Waals surface area contributed by atoms with Crippen molar-refractivity contribution in [2.24, 2.45) is 29.6 Å². The zero-order valence-electron chi connectivity index (χ0n) is 16.9. The summed E-state index contributed by atoms with van der Waals surface area (Å²) in [4.78, 5) is 13.3. The van der Waals surface area contributed by atoms with Crippen molar-refractivity contribution in [1.82, 2.24) is 4.72 Å². The van der Waals surface area contributed by atoms with Crippen LogP contribution in [0.4, 0.5) is 0 Å². The van der Waals surface area contributed by atoms with Crippen molar-refractivity contribution < 1.29 is 13.2 Å². The lowest BCUT2D eigenvalue weighted by molar-refractivity contribution is -0.128. The van der Waals surface area contributed by atoms with Crippen molar-refractivity contribution in [2.75, 3.05) is 0 Å². The van der Waals surface area contributed by atoms with Gasteiger partial charge >= 0.3 is 0 Å². The molecule has 0 heterocycles. The van der Waals surface area contributed by atoms with E-state index in [2.05, 4.69) is 4.72 Å². The molecule has 4 nitrogen and oxygen atoms in total. The molecule has 6 heteroatoms. The van der Waals surface area contributed by atoms with Gasteiger partial charge in [-0.05, 0) is 100 Å². The Morgan fingerprint density at radius 3 is 2.25 bits per heavy atom. The molecule has 0 saturated heterocycles. The van der Waals surface area contributed by atoms with E-state index in [-0.39, 0.29) is 10.7 Å². The van der Waals surface area contributed by atoms with Crippen LogP contribution in [0.25, 0.3) is 0 Å². The Bertz CT molecular complexity index is 865. The van der Waals surface area contributed by atoms with Gasteiger partial charge in [0.2, 0.25) is 10.0 Å². The van der Waals surface area contributed by atoms with Gasteiger partial charge in [0.1, 0.15) is 0 Å². The number of carbonyl (C=O) groups excluding carboxylic acids is 1. The van der Waals surface area contributed by atoms with Gasteiger partial charge in [0, 0.05) is 11.4 Å². The fourth-order valence-electron chi connectivity index (χ4n) is 6.17. The second-order valence-corrected chi connectivity index (χ2v) is 11.9. The first kappa shape index (κ1) is 20.4. The Morgan fingerprint density at radius 1 is 1.11 bits per heavy atom. The molecule has 0 aliphatic heterocycles. The lowest BCUT2D eigenvalue weighted by Crippen LogP contribution is -2.52. The third-order valence-electron chi connectivity index (χ3n) is 7.44. The average molecular weight is 424 g/mol. The monoisotopic (exact) mass is 423 g/mol. The molecule has 0 spiro atoms. The van der Waals surface area contributed by atoms with E-state index in [1.807, 2.05) is 0 Å². The summed E-state index contributed by atoms with van der Waals surface area (Å²) in [6, 6.07) is 4.81. The molecule has 4 aliphatic rings. The van der Waals surface area contributed by atoms with Gasteiger partial charge < -0.3 is 0 Å². The minimum absolute atomic E-state index is 0.00627. The van der Waals surface area contributed by atoms with Crippen molar-refractivity contribution in [1.29, 1.82) is 0 Å². The van der Waals surface area contributed by atoms with Gasteiger partial charge in [-0.3, -0.25) is 4.79 Å². The number of sulfonamides is 1. The number of rotatable bonds is 6. The molecule has 1 aromatic carbocycles. The van der Waals surface area contributed by atoms with E-state index in [0.29, 0.717) is 34.8 Å². The maximum Gasteiger partial charge on any atom is 0.241 e. The van der Waals surface area contributed by atoms with Crippen LogP contribution in [0.3, 0.4) is 0 Å². The topological polar surface area (TPSA) is 63.2 Å². The predicted molar refractivity (Wildman–Crippen MR) is 111 cm³/mol. The maximum atomic E-state index is 13.2. The van der Waals surface area contributed by atoms with Crippen LogP contribution in [0.15, 0.2) is 23.1 Å². The van der Waals surface area contributed by atoms with Crippen LogP contribution in [0.2, 0.25) is 5.02 Å². The standard InChI is InChI=1S/C22H30ClNO3S/c1-13-19(23)5-4-6-20(13)28(26,27)24-22(2,3)21(25)12-18-16-8-14-7-15(10-16)11-17(18)9-14/h4-6,14-18,24H,7-12H2,1-3H3. The Labute approximate surface area is 173 Å². The van der Waals surface area contributed by atoms with Crippen LogP contribution in [-0.4, -0.2) is 19.7 Å². The van der Waals surface area contributed by atoms with Crippen LogP contribution in [-0.2, 0) is 14.8 Å². The fraction of sp³-hybridized carbons (Fsp3) is 0.682. The van der Waals surface area contributed by atoms with Crippen LogP contribution in [0.5, 0.6) is 0 Å². The van der Waals surface area contributed by atoms with E-state index in [9.17, 15) is 13.2 Å². The van der Waals surface area contributed by atoms with Crippen molar-refractivity contribution in [2.45, 2.75) is 69.7 Å². The summed E-state index contributed by atoms with van der Waals surface area (Å²) in [5, 5.41) is 0.403. The van der Waals surface area contributed by atoms with Crippen molar-refractivity contribution in [3.05, 3.63) is 28.8 Å². The van der Waals surface area contributed by atoms with E-state index < -0.39 is 15.6 Å². The van der Waals surface area contributed by atoms with Crippen LogP contribution < -0.4 is 4.72 Å². The van der Waals surface area contributed by atoms with Gasteiger partial charge in [-0.1, -0.05) is 17.7 Å². The molecule has 1 N–H and O–H groups in total. The first-order valence-electron chi connectivity index (χ1n) is 10.4. The molecule has 0 aromatic heterocycles. The molecule has 4 aliphatic carbocycles. The molecule has 0 unspecified atom stereocenters. The number of halogens is 1. The summed E-state index contributed by atoms with van der Waals surface area (Å²) in [6.45, 7) is 5.05. The van der Waals surface area contributed by atoms with Gasteiger partial charge in [0.05, 0.1) is 10.4 Å². The molecular formula is C22H30ClNO3S. The van der Waals surface area contributed by atoms with Crippen molar-refractivity contribution in [3.63, 3.8) is 0 Å². The van der Waals surface area contributed by atoms with Crippen LogP contribution in [0.1, 0.15) is 57.9 Å². The molecule has 1 aromatic rings. The van der Waals surface area contributed by atoms with Gasteiger partial charge in [-0.25, -0.2) is 8.42 Å². The Hall–Kier alpha value is -0.910. The normalized spacial score (nSPS) is 31.9. The van der Waals surface area contributed by atoms with E-state index in [4.69, 9.17) is 11.6 Å². The first-order valence-corrected chi connectivity index (χ1v) is 12.3. The number of benzene rings is 1. The predicted octanol–water partition coefficient (Wildman–Crippen LogP) is 4.74. The summed E-state index contributed by atoms with van der Waals surface area (Å²) in [5.41, 5.74) is -0.636. The minimum atomic E-state index is -3.83. The lowest BCUT2D eigenvalue weighted by atomic mass is 9.51. The van der Waals surface area contributed by atoms with Crippen LogP contribution in [0, 0.1) is 36.5 Å². The zero-order chi connectivity index (χ0) is 20.3. The first-order chi connectivity index (χ1) is 13.1. The smallest absolute Gasteiger partial charge is 0.241 e. The number of nitrogens with one attached hydrogen (secondary N) is 1. The zero-order valence-corrected chi connectivity index (χ0v) is 18.4. The Morgan fingerprint density at radius 2 is 1.68 bits per heavy atom. The highest BCUT2D eigenvalue weighted by Gasteiger charge is 2.49. The number of carbonyl (C=O) groups is 1. The third-order valence-corrected chi connectivity index (χ3v) is 9.65. The highest BCUT2D eigenvalue weighted by atomic mass is 35.5. The Kier molecular flexibility index (Phi) is 5.17. The molecule has 0 amide bonds. The van der Waals surface area contributed by atoms with Gasteiger partial charge in [-0.2, -0.15) is 4.72 Å². The summed E-state index contributed by atoms with van der Waals surface area (Å²) in [7, 11) is -3.83. The molecule has 4 fully saturated rings. The highest BCUT2D eigenvalue weighted by molar-refractivity contribution is 7.89. The number of ketones is 1. The second-order valence-electron chi connectivity index (χ2n) is 9.82. The largest absolute Gasteiger partial charge is 0.298 e. The molecule has 28 heavy (non-hydrogen) atoms. The average Bonchev–Trinajstić information content (AvgIpc) is 2.58. The fourth-order valence-corrected chi connectivity index (χ4v) is 8.06. The molecule has 154 valence electrons. The van der Waals surface area contributed by atoms with E-state index in [1.54, 1.807) is 32.9 Å². The summed E-state index contributed by atoms with van der Waals surface area (Å²) in [6.07, 6.45) is 6.92. The summed E-state index contributed by atoms with van der Waals surface area (Å²) in [5.74, 6) is 3.47. The van der Waals surface area contributed by atoms with Gasteiger partial charge in [0.15, 0.2) is 5.78 Å². The van der Waals surface area contributed by atoms with Crippen molar-refractivity contribution in [3.8, 4) is 0 Å². The van der Waals surface area contributed by atoms with E-state index in [1.165, 1.54) is 38.2 Å².